The molecule has 2 aliphatic rings. The largest absolute Gasteiger partial charge is 0.471 e. The summed E-state index contributed by atoms with van der Waals surface area (Å²) in [5, 5.41) is 2.51. The number of ether oxygens (including phenoxy) is 2. The summed E-state index contributed by atoms with van der Waals surface area (Å²) in [7, 11) is -3.62. The number of rotatable bonds is 7. The van der Waals surface area contributed by atoms with E-state index in [2.05, 4.69) is 25.3 Å². The number of fused-ring (bicyclic) bond motifs is 2. The highest BCUT2D eigenvalue weighted by Crippen LogP contribution is 2.34. The van der Waals surface area contributed by atoms with Crippen LogP contribution in [0.4, 0.5) is 35.0 Å². The molecule has 0 spiro atoms. The highest BCUT2D eigenvalue weighted by molar-refractivity contribution is 7.90. The van der Waals surface area contributed by atoms with E-state index in [0.717, 1.165) is 31.0 Å². The molecule has 3 aromatic rings. The molecular weight excluding hydrogens is 532 g/mol. The summed E-state index contributed by atoms with van der Waals surface area (Å²) in [5.41, 5.74) is -0.456. The molecule has 2 aliphatic heterocycles. The molecule has 202 valence electrons. The fraction of sp³-hybridized carbons (Fsp3) is 0.391. The molecule has 1 aromatic carbocycles. The number of halogens is 4. The topological polar surface area (TPSA) is 119 Å². The molecule has 0 radical (unpaired) electrons. The lowest BCUT2D eigenvalue weighted by Gasteiger charge is -2.46. The molecule has 4 heterocycles. The smallest absolute Gasteiger partial charge is 0.266 e. The third kappa shape index (κ3) is 5.34. The number of hydrogen-bond acceptors (Lipinski definition) is 10. The van der Waals surface area contributed by atoms with Crippen LogP contribution in [-0.4, -0.2) is 67.0 Å². The number of alkyl halides is 2. The number of piperidine rings is 1. The molecule has 2 saturated heterocycles. The summed E-state index contributed by atoms with van der Waals surface area (Å²) in [5.74, 6) is -2.72. The van der Waals surface area contributed by atoms with Gasteiger partial charge in [-0.2, -0.15) is 9.37 Å². The van der Waals surface area contributed by atoms with Gasteiger partial charge in [0.1, 0.15) is 18.2 Å². The van der Waals surface area contributed by atoms with Crippen molar-refractivity contribution in [2.45, 2.75) is 17.4 Å². The Labute approximate surface area is 215 Å². The van der Waals surface area contributed by atoms with E-state index in [9.17, 15) is 21.6 Å². The van der Waals surface area contributed by atoms with Crippen LogP contribution in [-0.2, 0) is 14.6 Å². The maximum Gasteiger partial charge on any atom is 0.266 e. The van der Waals surface area contributed by atoms with Gasteiger partial charge in [-0.25, -0.2) is 36.5 Å². The van der Waals surface area contributed by atoms with Crippen molar-refractivity contribution in [3.05, 3.63) is 54.1 Å². The summed E-state index contributed by atoms with van der Waals surface area (Å²) in [6, 6.07) is 3.19. The lowest BCUT2D eigenvalue weighted by Crippen LogP contribution is -2.58. The summed E-state index contributed by atoms with van der Waals surface area (Å²) >= 11 is 0. The molecule has 10 nitrogen and oxygen atoms in total. The van der Waals surface area contributed by atoms with Crippen molar-refractivity contribution in [2.75, 3.05) is 42.8 Å². The van der Waals surface area contributed by atoms with Crippen molar-refractivity contribution >= 4 is 27.3 Å². The van der Waals surface area contributed by atoms with Crippen LogP contribution in [0.5, 0.6) is 5.88 Å². The first-order chi connectivity index (χ1) is 18.1. The quantitative estimate of drug-likeness (QED) is 0.436. The number of nitrogens with zero attached hydrogens (tertiary/aromatic N) is 5. The van der Waals surface area contributed by atoms with Crippen LogP contribution in [0, 0.1) is 23.5 Å². The van der Waals surface area contributed by atoms with Crippen LogP contribution < -0.4 is 15.0 Å². The predicted molar refractivity (Wildman–Crippen MR) is 126 cm³/mol. The Bertz CT molecular complexity index is 1420. The molecule has 2 aromatic heterocycles. The molecular formula is C23H22F4N6O4S. The van der Waals surface area contributed by atoms with Gasteiger partial charge in [-0.15, -0.1) is 0 Å². The third-order valence-corrected chi connectivity index (χ3v) is 7.43. The molecule has 38 heavy (non-hydrogen) atoms. The van der Waals surface area contributed by atoms with Crippen LogP contribution in [0.25, 0.3) is 0 Å². The Kier molecular flexibility index (Phi) is 7.05. The number of hydrogen-bond donors (Lipinski definition) is 1. The normalized spacial score (nSPS) is 21.4. The van der Waals surface area contributed by atoms with Gasteiger partial charge in [0.05, 0.1) is 29.4 Å². The molecule has 2 atom stereocenters. The third-order valence-electron chi connectivity index (χ3n) is 6.32. The standard InChI is InChI=1S/C23H22F4N6O4S/c1-38(34,35)15-2-3-17(16(24)4-15)32-21-18(25)22(31-11-30-21)37-19-13-7-33(8-14(19)10-36-9-13)23-28-5-12(6-29-23)20(26)27/h2-6,11,13-14,19-20H,7-10H2,1H3,(H,30,31,32). The van der Waals surface area contributed by atoms with E-state index in [4.69, 9.17) is 9.47 Å². The first-order valence-corrected chi connectivity index (χ1v) is 13.4. The fourth-order valence-corrected chi connectivity index (χ4v) is 5.10. The Balaban J connectivity index is 1.32. The van der Waals surface area contributed by atoms with Crippen LogP contribution >= 0.6 is 0 Å². The van der Waals surface area contributed by atoms with E-state index in [1.165, 1.54) is 12.1 Å². The lowest BCUT2D eigenvalue weighted by molar-refractivity contribution is -0.0780. The minimum Gasteiger partial charge on any atom is -0.471 e. The first kappa shape index (κ1) is 26.0. The maximum atomic E-state index is 15.3. The Morgan fingerprint density at radius 1 is 1.08 bits per heavy atom. The summed E-state index contributed by atoms with van der Waals surface area (Å²) in [6.45, 7) is 1.38. The van der Waals surface area contributed by atoms with Crippen LogP contribution in [0.1, 0.15) is 12.0 Å². The van der Waals surface area contributed by atoms with Crippen molar-refractivity contribution in [2.24, 2.45) is 11.8 Å². The SMILES string of the molecule is CS(=O)(=O)c1ccc(Nc2ncnc(OC3C4COCC3CN(c3ncc(C(F)F)cn3)C4)c2F)c(F)c1. The molecule has 1 N–H and O–H groups in total. The zero-order valence-electron chi connectivity index (χ0n) is 19.9. The average Bonchev–Trinajstić information content (AvgIpc) is 2.86. The Hall–Kier alpha value is -3.59. The highest BCUT2D eigenvalue weighted by Gasteiger charge is 2.43. The minimum atomic E-state index is -3.62. The van der Waals surface area contributed by atoms with Gasteiger partial charge >= 0.3 is 0 Å². The second kappa shape index (κ2) is 10.3. The van der Waals surface area contributed by atoms with Gasteiger partial charge in [0.15, 0.2) is 15.7 Å². The fourth-order valence-electron chi connectivity index (χ4n) is 4.47. The monoisotopic (exact) mass is 554 g/mol. The highest BCUT2D eigenvalue weighted by atomic mass is 32.2. The van der Waals surface area contributed by atoms with Gasteiger partial charge in [0.2, 0.25) is 11.8 Å². The number of anilines is 3. The van der Waals surface area contributed by atoms with E-state index >= 15 is 4.39 Å². The second-order valence-electron chi connectivity index (χ2n) is 9.04. The van der Waals surface area contributed by atoms with Crippen LogP contribution in [0.15, 0.2) is 41.8 Å². The van der Waals surface area contributed by atoms with Gasteiger partial charge < -0.3 is 19.7 Å². The van der Waals surface area contributed by atoms with Gasteiger partial charge in [-0.3, -0.25) is 0 Å². The summed E-state index contributed by atoms with van der Waals surface area (Å²) in [6.07, 6.45) is 1.03. The predicted octanol–water partition coefficient (Wildman–Crippen LogP) is 3.16. The van der Waals surface area contributed by atoms with E-state index in [-0.39, 0.29) is 39.7 Å². The number of sulfone groups is 1. The molecule has 2 fully saturated rings. The second-order valence-corrected chi connectivity index (χ2v) is 11.1. The van der Waals surface area contributed by atoms with E-state index in [1.807, 2.05) is 4.90 Å². The molecule has 0 saturated carbocycles. The van der Waals surface area contributed by atoms with Crippen molar-refractivity contribution in [1.82, 2.24) is 19.9 Å². The molecule has 0 aliphatic carbocycles. The lowest BCUT2D eigenvalue weighted by atomic mass is 9.84. The van der Waals surface area contributed by atoms with Crippen LogP contribution in [0.2, 0.25) is 0 Å². The molecule has 5 rings (SSSR count). The Morgan fingerprint density at radius 3 is 2.37 bits per heavy atom. The van der Waals surface area contributed by atoms with Crippen molar-refractivity contribution in [3.63, 3.8) is 0 Å². The number of nitrogens with one attached hydrogen (secondary N) is 1. The zero-order chi connectivity index (χ0) is 27.0. The van der Waals surface area contributed by atoms with Gasteiger partial charge in [0.25, 0.3) is 12.3 Å². The minimum absolute atomic E-state index is 0.183. The van der Waals surface area contributed by atoms with Crippen molar-refractivity contribution < 1.29 is 35.5 Å². The Morgan fingerprint density at radius 2 is 1.76 bits per heavy atom. The molecule has 15 heteroatoms. The average molecular weight is 555 g/mol. The van der Waals surface area contributed by atoms with Crippen molar-refractivity contribution in [3.8, 4) is 5.88 Å². The zero-order valence-corrected chi connectivity index (χ0v) is 20.7. The number of aromatic nitrogens is 4. The van der Waals surface area contributed by atoms with Crippen LogP contribution in [0.3, 0.4) is 0 Å². The number of benzene rings is 1. The molecule has 0 amide bonds. The molecule has 2 unspecified atom stereocenters. The summed E-state index contributed by atoms with van der Waals surface area (Å²) < 4.78 is 90.3. The van der Waals surface area contributed by atoms with Gasteiger partial charge in [0, 0.05) is 43.6 Å². The van der Waals surface area contributed by atoms with E-state index in [0.29, 0.717) is 32.3 Å². The van der Waals surface area contributed by atoms with E-state index in [1.54, 1.807) is 0 Å². The van der Waals surface area contributed by atoms with Gasteiger partial charge in [-0.05, 0) is 18.2 Å². The maximum absolute atomic E-state index is 15.3. The van der Waals surface area contributed by atoms with E-state index < -0.39 is 34.0 Å². The van der Waals surface area contributed by atoms with Gasteiger partial charge in [-0.1, -0.05) is 0 Å². The summed E-state index contributed by atoms with van der Waals surface area (Å²) in [4.78, 5) is 17.5. The first-order valence-electron chi connectivity index (χ1n) is 11.5. The van der Waals surface area contributed by atoms with Crippen molar-refractivity contribution in [1.29, 1.82) is 0 Å². The molecule has 2 bridgehead atoms.